The van der Waals surface area contributed by atoms with Gasteiger partial charge < -0.3 is 5.11 Å². The van der Waals surface area contributed by atoms with Crippen molar-refractivity contribution >= 4 is 17.1 Å². The third kappa shape index (κ3) is 2.28. The largest absolute Gasteiger partial charge is 0.380 e. The predicted molar refractivity (Wildman–Crippen MR) is 90.4 cm³/mol. The molecule has 0 aliphatic heterocycles. The minimum absolute atomic E-state index is 0.446. The fourth-order valence-corrected chi connectivity index (χ4v) is 3.05. The van der Waals surface area contributed by atoms with Gasteiger partial charge in [-0.15, -0.1) is 5.10 Å². The van der Waals surface area contributed by atoms with Crippen molar-refractivity contribution in [1.82, 2.24) is 24.4 Å². The second-order valence-corrected chi connectivity index (χ2v) is 5.87. The molecule has 4 rings (SSSR count). The topological polar surface area (TPSA) is 68.2 Å². The molecule has 120 valence electrons. The van der Waals surface area contributed by atoms with Crippen molar-refractivity contribution in [3.05, 3.63) is 77.1 Å². The molecule has 0 amide bonds. The highest BCUT2D eigenvalue weighted by Crippen LogP contribution is 2.30. The van der Waals surface area contributed by atoms with E-state index in [1.54, 1.807) is 27.7 Å². The van der Waals surface area contributed by atoms with Crippen molar-refractivity contribution in [2.45, 2.75) is 13.0 Å². The van der Waals surface area contributed by atoms with Gasteiger partial charge in [-0.05, 0) is 31.2 Å². The van der Waals surface area contributed by atoms with Crippen LogP contribution in [0.1, 0.15) is 23.2 Å². The molecule has 24 heavy (non-hydrogen) atoms. The molecule has 0 aliphatic carbocycles. The molecular weight excluding hydrogens is 326 g/mol. The van der Waals surface area contributed by atoms with E-state index in [1.807, 2.05) is 43.3 Å². The van der Waals surface area contributed by atoms with E-state index in [9.17, 15) is 5.11 Å². The second-order valence-electron chi connectivity index (χ2n) is 5.47. The lowest BCUT2D eigenvalue weighted by molar-refractivity contribution is 0.208. The molecule has 3 heterocycles. The summed E-state index contributed by atoms with van der Waals surface area (Å²) in [5.41, 5.74) is 3.47. The van der Waals surface area contributed by atoms with Gasteiger partial charge >= 0.3 is 0 Å². The Kier molecular flexibility index (Phi) is 3.55. The highest BCUT2D eigenvalue weighted by molar-refractivity contribution is 6.31. The number of imidazole rings is 1. The number of hydrogen-bond donors (Lipinski definition) is 1. The monoisotopic (exact) mass is 339 g/mol. The van der Waals surface area contributed by atoms with E-state index in [0.717, 1.165) is 16.9 Å². The third-order valence-electron chi connectivity index (χ3n) is 4.02. The Morgan fingerprint density at radius 3 is 2.71 bits per heavy atom. The van der Waals surface area contributed by atoms with Gasteiger partial charge in [0.2, 0.25) is 0 Å². The zero-order chi connectivity index (χ0) is 16.7. The fourth-order valence-electron chi connectivity index (χ4n) is 2.79. The molecule has 3 aromatic heterocycles. The molecule has 0 fully saturated rings. The van der Waals surface area contributed by atoms with Gasteiger partial charge in [-0.3, -0.25) is 4.40 Å². The lowest BCUT2D eigenvalue weighted by Crippen LogP contribution is -2.09. The molecule has 1 atom stereocenters. The first-order valence-corrected chi connectivity index (χ1v) is 7.81. The normalized spacial score (nSPS) is 12.6. The van der Waals surface area contributed by atoms with Crippen LogP contribution in [0.15, 0.2) is 55.0 Å². The highest BCUT2D eigenvalue weighted by Gasteiger charge is 2.24. The summed E-state index contributed by atoms with van der Waals surface area (Å²) in [6.45, 7) is 1.87. The maximum Gasteiger partial charge on any atom is 0.141 e. The average Bonchev–Trinajstić information content (AvgIpc) is 3.21. The molecular formula is C17H14ClN5O. The van der Waals surface area contributed by atoms with Crippen molar-refractivity contribution < 1.29 is 5.11 Å². The Hall–Kier alpha value is -2.70. The Morgan fingerprint density at radius 2 is 1.92 bits per heavy atom. The summed E-state index contributed by atoms with van der Waals surface area (Å²) in [7, 11) is 0. The molecule has 0 radical (unpaired) electrons. The Labute approximate surface area is 143 Å². The Balaban J connectivity index is 1.83. The fraction of sp³-hybridized carbons (Fsp3) is 0.118. The number of pyridine rings is 1. The summed E-state index contributed by atoms with van der Waals surface area (Å²) in [4.78, 5) is 4.11. The summed E-state index contributed by atoms with van der Waals surface area (Å²) >= 11 is 6.32. The molecule has 0 bridgehead atoms. The molecule has 1 unspecified atom stereocenters. The van der Waals surface area contributed by atoms with Gasteiger partial charge in [0.15, 0.2) is 0 Å². The summed E-state index contributed by atoms with van der Waals surface area (Å²) < 4.78 is 3.45. The zero-order valence-corrected chi connectivity index (χ0v) is 13.6. The molecule has 0 saturated carbocycles. The average molecular weight is 340 g/mol. The first kappa shape index (κ1) is 14.9. The van der Waals surface area contributed by atoms with Gasteiger partial charge in [-0.2, -0.15) is 0 Å². The van der Waals surface area contributed by atoms with Gasteiger partial charge in [0, 0.05) is 0 Å². The van der Waals surface area contributed by atoms with Gasteiger partial charge in [0.05, 0.1) is 40.1 Å². The minimum Gasteiger partial charge on any atom is -0.380 e. The number of aromatic nitrogens is 5. The van der Waals surface area contributed by atoms with E-state index < -0.39 is 6.10 Å². The molecule has 4 aromatic rings. The van der Waals surface area contributed by atoms with Crippen molar-refractivity contribution in [3.8, 4) is 5.69 Å². The molecule has 7 heteroatoms. The van der Waals surface area contributed by atoms with Crippen molar-refractivity contribution in [2.24, 2.45) is 0 Å². The van der Waals surface area contributed by atoms with Crippen molar-refractivity contribution in [2.75, 3.05) is 0 Å². The maximum absolute atomic E-state index is 10.9. The first-order valence-electron chi connectivity index (χ1n) is 7.43. The number of fused-ring (bicyclic) bond motifs is 1. The smallest absolute Gasteiger partial charge is 0.141 e. The van der Waals surface area contributed by atoms with Crippen LogP contribution in [0.5, 0.6) is 0 Å². The quantitative estimate of drug-likeness (QED) is 0.623. The van der Waals surface area contributed by atoms with E-state index in [1.165, 1.54) is 0 Å². The molecule has 0 aliphatic rings. The molecule has 0 spiro atoms. The second kappa shape index (κ2) is 5.74. The SMILES string of the molecule is Cc1c(C(O)c2c(Cl)ccc3cncn23)nnn1-c1ccccc1. The third-order valence-corrected chi connectivity index (χ3v) is 4.34. The van der Waals surface area contributed by atoms with Gasteiger partial charge in [-0.25, -0.2) is 9.67 Å². The first-order chi connectivity index (χ1) is 11.7. The van der Waals surface area contributed by atoms with Crippen LogP contribution >= 0.6 is 11.6 Å². The van der Waals surface area contributed by atoms with Crippen molar-refractivity contribution in [3.63, 3.8) is 0 Å². The van der Waals surface area contributed by atoms with E-state index in [2.05, 4.69) is 15.3 Å². The lowest BCUT2D eigenvalue weighted by atomic mass is 10.1. The van der Waals surface area contributed by atoms with Gasteiger partial charge in [0.25, 0.3) is 0 Å². The zero-order valence-electron chi connectivity index (χ0n) is 12.8. The maximum atomic E-state index is 10.9. The predicted octanol–water partition coefficient (Wildman–Crippen LogP) is 2.96. The Morgan fingerprint density at radius 1 is 1.12 bits per heavy atom. The number of hydrogen-bond acceptors (Lipinski definition) is 4. The van der Waals surface area contributed by atoms with E-state index in [4.69, 9.17) is 11.6 Å². The summed E-state index contributed by atoms with van der Waals surface area (Å²) in [5, 5.41) is 19.7. The number of rotatable bonds is 3. The molecule has 0 saturated heterocycles. The highest BCUT2D eigenvalue weighted by atomic mass is 35.5. The van der Waals surface area contributed by atoms with E-state index in [0.29, 0.717) is 16.4 Å². The summed E-state index contributed by atoms with van der Waals surface area (Å²) in [6.07, 6.45) is 2.32. The minimum atomic E-state index is -1.01. The van der Waals surface area contributed by atoms with E-state index in [-0.39, 0.29) is 0 Å². The van der Waals surface area contributed by atoms with Crippen LogP contribution in [0.25, 0.3) is 11.2 Å². The molecule has 6 nitrogen and oxygen atoms in total. The standard InChI is InChI=1S/C17H14ClN5O/c1-11-15(20-21-23(11)12-5-3-2-4-6-12)17(24)16-14(18)8-7-13-9-19-10-22(13)16/h2-10,17,24H,1H3. The summed E-state index contributed by atoms with van der Waals surface area (Å²) in [5.74, 6) is 0. The number of nitrogens with zero attached hydrogens (tertiary/aromatic N) is 5. The van der Waals surface area contributed by atoms with Crippen LogP contribution in [0.2, 0.25) is 5.02 Å². The molecule has 1 aromatic carbocycles. The van der Waals surface area contributed by atoms with Gasteiger partial charge in [-0.1, -0.05) is 35.0 Å². The Bertz CT molecular complexity index is 1010. The van der Waals surface area contributed by atoms with E-state index >= 15 is 0 Å². The van der Waals surface area contributed by atoms with Crippen LogP contribution < -0.4 is 0 Å². The van der Waals surface area contributed by atoms with Crippen LogP contribution in [-0.4, -0.2) is 29.5 Å². The lowest BCUT2D eigenvalue weighted by Gasteiger charge is -2.14. The molecule has 1 N–H and O–H groups in total. The van der Waals surface area contributed by atoms with Crippen LogP contribution in [-0.2, 0) is 0 Å². The number of aliphatic hydroxyl groups is 1. The van der Waals surface area contributed by atoms with Crippen LogP contribution in [0.4, 0.5) is 0 Å². The number of benzene rings is 1. The van der Waals surface area contributed by atoms with Crippen LogP contribution in [0, 0.1) is 6.92 Å². The number of para-hydroxylation sites is 1. The summed E-state index contributed by atoms with van der Waals surface area (Å²) in [6, 6.07) is 13.2. The van der Waals surface area contributed by atoms with Crippen LogP contribution in [0.3, 0.4) is 0 Å². The van der Waals surface area contributed by atoms with Gasteiger partial charge in [0.1, 0.15) is 11.8 Å². The van der Waals surface area contributed by atoms with Crippen molar-refractivity contribution in [1.29, 1.82) is 0 Å². The number of halogens is 1. The number of aliphatic hydroxyl groups excluding tert-OH is 1.